The molecule has 2 rings (SSSR count). The average molecular weight is 307 g/mol. The van der Waals surface area contributed by atoms with Gasteiger partial charge in [0.15, 0.2) is 0 Å². The van der Waals surface area contributed by atoms with E-state index in [2.05, 4.69) is 31.1 Å². The highest BCUT2D eigenvalue weighted by Gasteiger charge is 2.12. The Bertz CT molecular complexity index is 153. The average Bonchev–Trinajstić information content (AvgIpc) is 2.57. The van der Waals surface area contributed by atoms with Crippen LogP contribution < -0.4 is 5.32 Å². The molecule has 0 aliphatic carbocycles. The lowest BCUT2D eigenvalue weighted by atomic mass is 10.3. The molecule has 2 aliphatic rings. The van der Waals surface area contributed by atoms with Gasteiger partial charge in [-0.25, -0.2) is 0 Å². The van der Waals surface area contributed by atoms with Crippen molar-refractivity contribution >= 4 is 0 Å². The second-order valence-electron chi connectivity index (χ2n) is 4.29. The number of rotatable bonds is 0. The zero-order valence-electron chi connectivity index (χ0n) is 16.2. The van der Waals surface area contributed by atoms with Crippen LogP contribution in [0.25, 0.3) is 0 Å². The Morgan fingerprint density at radius 1 is 0.952 bits per heavy atom. The first-order valence-corrected chi connectivity index (χ1v) is 8.80. The molecule has 21 heavy (non-hydrogen) atoms. The molecule has 0 amide bonds. The number of ether oxygens (including phenoxy) is 2. The molecule has 2 heterocycles. The molecule has 4 heteroatoms. The minimum atomic E-state index is 0.425. The van der Waals surface area contributed by atoms with E-state index in [1.54, 1.807) is 0 Å². The van der Waals surface area contributed by atoms with Crippen molar-refractivity contribution in [1.82, 2.24) is 10.2 Å². The van der Waals surface area contributed by atoms with Crippen molar-refractivity contribution in [3.63, 3.8) is 0 Å². The highest BCUT2D eigenvalue weighted by Crippen LogP contribution is 2.00. The molecule has 0 aromatic carbocycles. The van der Waals surface area contributed by atoms with Crippen LogP contribution in [0.5, 0.6) is 0 Å². The molecule has 0 spiro atoms. The van der Waals surface area contributed by atoms with Gasteiger partial charge in [-0.05, 0) is 20.9 Å². The molecule has 0 aromatic rings. The second kappa shape index (κ2) is 22.1. The molecular weight excluding hydrogens is 264 g/mol. The normalized spacial score (nSPS) is 24.4. The first-order chi connectivity index (χ1) is 10.2. The number of morpholine rings is 2. The van der Waals surface area contributed by atoms with Crippen molar-refractivity contribution in [3.05, 3.63) is 0 Å². The Morgan fingerprint density at radius 3 is 1.76 bits per heavy atom. The summed E-state index contributed by atoms with van der Waals surface area (Å²) in [6, 6.07) is 0.615. The predicted molar refractivity (Wildman–Crippen MR) is 95.2 cm³/mol. The standard InChI is InChI=1S/C6H13NO.C5H11NO.3C2H6/c1-6-5-8-4-3-7(6)2;1-5-4-6-2-3-7-5;3*1-2/h6H,3-5H2,1-2H3;5-6H,2-4H2,1H3;3*1-2H3. The van der Waals surface area contributed by atoms with Gasteiger partial charge in [0.1, 0.15) is 0 Å². The Labute approximate surface area is 134 Å². The number of hydrogen-bond donors (Lipinski definition) is 1. The van der Waals surface area contributed by atoms with Crippen LogP contribution in [0.2, 0.25) is 0 Å². The van der Waals surface area contributed by atoms with Crippen LogP contribution in [0.15, 0.2) is 0 Å². The van der Waals surface area contributed by atoms with Crippen molar-refractivity contribution in [2.75, 3.05) is 46.5 Å². The lowest BCUT2D eigenvalue weighted by Crippen LogP contribution is -2.40. The Morgan fingerprint density at radius 2 is 1.52 bits per heavy atom. The predicted octanol–water partition coefficient (Wildman–Crippen LogP) is 3.41. The van der Waals surface area contributed by atoms with Gasteiger partial charge in [0.2, 0.25) is 0 Å². The fourth-order valence-electron chi connectivity index (χ4n) is 1.51. The van der Waals surface area contributed by atoms with Crippen LogP contribution >= 0.6 is 0 Å². The Balaban J connectivity index is -0.000000229. The maximum atomic E-state index is 5.22. The molecule has 2 fully saturated rings. The third-order valence-corrected chi connectivity index (χ3v) is 2.81. The monoisotopic (exact) mass is 306 g/mol. The molecule has 2 unspecified atom stereocenters. The van der Waals surface area contributed by atoms with E-state index in [-0.39, 0.29) is 0 Å². The topological polar surface area (TPSA) is 33.7 Å². The summed E-state index contributed by atoms with van der Waals surface area (Å²) in [5.41, 5.74) is 0. The molecule has 132 valence electrons. The summed E-state index contributed by atoms with van der Waals surface area (Å²) in [6.07, 6.45) is 0.425. The van der Waals surface area contributed by atoms with Gasteiger partial charge in [-0.1, -0.05) is 41.5 Å². The SMILES string of the molecule is CC.CC.CC.CC1CNCCO1.CC1COCCN1C. The fourth-order valence-corrected chi connectivity index (χ4v) is 1.51. The fraction of sp³-hybridized carbons (Fsp3) is 1.00. The zero-order valence-corrected chi connectivity index (χ0v) is 16.2. The molecule has 0 saturated carbocycles. The minimum Gasteiger partial charge on any atom is -0.379 e. The molecule has 2 aliphatic heterocycles. The Hall–Kier alpha value is -0.160. The summed E-state index contributed by atoms with van der Waals surface area (Å²) in [5.74, 6) is 0. The summed E-state index contributed by atoms with van der Waals surface area (Å²) in [6.45, 7) is 22.1. The van der Waals surface area contributed by atoms with E-state index in [0.29, 0.717) is 12.1 Å². The van der Waals surface area contributed by atoms with Gasteiger partial charge >= 0.3 is 0 Å². The maximum Gasteiger partial charge on any atom is 0.0672 e. The molecule has 0 bridgehead atoms. The molecule has 1 N–H and O–H groups in total. The van der Waals surface area contributed by atoms with E-state index in [1.807, 2.05) is 41.5 Å². The van der Waals surface area contributed by atoms with E-state index >= 15 is 0 Å². The lowest BCUT2D eigenvalue weighted by molar-refractivity contribution is 0.0131. The van der Waals surface area contributed by atoms with E-state index in [1.165, 1.54) is 0 Å². The van der Waals surface area contributed by atoms with E-state index < -0.39 is 0 Å². The molecule has 4 nitrogen and oxygen atoms in total. The Kier molecular flexibility index (Phi) is 27.2. The van der Waals surface area contributed by atoms with Crippen LogP contribution in [-0.4, -0.2) is 63.5 Å². The summed E-state index contributed by atoms with van der Waals surface area (Å²) in [5, 5.41) is 3.21. The van der Waals surface area contributed by atoms with E-state index in [9.17, 15) is 0 Å². The number of nitrogens with zero attached hydrogens (tertiary/aromatic N) is 1. The van der Waals surface area contributed by atoms with Crippen molar-refractivity contribution in [3.8, 4) is 0 Å². The van der Waals surface area contributed by atoms with Crippen LogP contribution in [0.3, 0.4) is 0 Å². The summed E-state index contributed by atoms with van der Waals surface area (Å²) in [4.78, 5) is 2.31. The van der Waals surface area contributed by atoms with Crippen molar-refractivity contribution in [1.29, 1.82) is 0 Å². The third-order valence-electron chi connectivity index (χ3n) is 2.81. The molecule has 0 aromatic heterocycles. The van der Waals surface area contributed by atoms with Gasteiger partial charge in [-0.2, -0.15) is 0 Å². The molecule has 2 saturated heterocycles. The van der Waals surface area contributed by atoms with Crippen LogP contribution in [0, 0.1) is 0 Å². The van der Waals surface area contributed by atoms with Gasteiger partial charge in [0.05, 0.1) is 25.9 Å². The highest BCUT2D eigenvalue weighted by atomic mass is 16.5. The van der Waals surface area contributed by atoms with Crippen molar-refractivity contribution in [2.24, 2.45) is 0 Å². The van der Waals surface area contributed by atoms with Gasteiger partial charge in [-0.3, -0.25) is 4.90 Å². The lowest BCUT2D eigenvalue weighted by Gasteiger charge is -2.29. The van der Waals surface area contributed by atoms with Crippen LogP contribution in [0.1, 0.15) is 55.4 Å². The number of likely N-dealkylation sites (N-methyl/N-ethyl adjacent to an activating group) is 1. The highest BCUT2D eigenvalue weighted by molar-refractivity contribution is 4.65. The smallest absolute Gasteiger partial charge is 0.0672 e. The van der Waals surface area contributed by atoms with Crippen LogP contribution in [0.4, 0.5) is 0 Å². The molecule has 0 radical (unpaired) electrons. The minimum absolute atomic E-state index is 0.425. The third kappa shape index (κ3) is 17.8. The maximum absolute atomic E-state index is 5.22. The van der Waals surface area contributed by atoms with Crippen molar-refractivity contribution < 1.29 is 9.47 Å². The first-order valence-electron chi connectivity index (χ1n) is 8.80. The van der Waals surface area contributed by atoms with Crippen molar-refractivity contribution in [2.45, 2.75) is 67.5 Å². The van der Waals surface area contributed by atoms with E-state index in [0.717, 1.165) is 39.5 Å². The number of hydrogen-bond acceptors (Lipinski definition) is 4. The summed E-state index contributed by atoms with van der Waals surface area (Å²) >= 11 is 0. The largest absolute Gasteiger partial charge is 0.379 e. The van der Waals surface area contributed by atoms with Crippen LogP contribution in [-0.2, 0) is 9.47 Å². The molecule has 2 atom stereocenters. The van der Waals surface area contributed by atoms with Gasteiger partial charge in [-0.15, -0.1) is 0 Å². The number of nitrogens with one attached hydrogen (secondary N) is 1. The van der Waals surface area contributed by atoms with Gasteiger partial charge in [0.25, 0.3) is 0 Å². The van der Waals surface area contributed by atoms with Gasteiger partial charge in [0, 0.05) is 25.7 Å². The quantitative estimate of drug-likeness (QED) is 0.743. The van der Waals surface area contributed by atoms with E-state index in [4.69, 9.17) is 9.47 Å². The summed E-state index contributed by atoms with van der Waals surface area (Å²) in [7, 11) is 2.13. The first kappa shape index (κ1) is 25.8. The zero-order chi connectivity index (χ0) is 17.1. The summed E-state index contributed by atoms with van der Waals surface area (Å²) < 4.78 is 10.4. The second-order valence-corrected chi connectivity index (χ2v) is 4.29. The van der Waals surface area contributed by atoms with Gasteiger partial charge < -0.3 is 14.8 Å². The molecular formula is C17H42N2O2.